The fourth-order valence-corrected chi connectivity index (χ4v) is 1.73. The van der Waals surface area contributed by atoms with Crippen LogP contribution in [0.1, 0.15) is 13.3 Å². The second-order valence-electron chi connectivity index (χ2n) is 3.91. The van der Waals surface area contributed by atoms with Crippen molar-refractivity contribution in [3.63, 3.8) is 0 Å². The van der Waals surface area contributed by atoms with Crippen LogP contribution in [0.3, 0.4) is 0 Å². The summed E-state index contributed by atoms with van der Waals surface area (Å²) in [4.78, 5) is 10.4. The van der Waals surface area contributed by atoms with Crippen molar-refractivity contribution in [3.05, 3.63) is 0 Å². The molecule has 12 heteroatoms. The van der Waals surface area contributed by atoms with Crippen LogP contribution in [0.2, 0.25) is 0 Å². The van der Waals surface area contributed by atoms with E-state index in [-0.39, 0.29) is 11.8 Å². The van der Waals surface area contributed by atoms with E-state index in [9.17, 15) is 48.7 Å². The molecule has 0 rings (SSSR count). The van der Waals surface area contributed by atoms with Crippen LogP contribution in [0, 0.1) is 0 Å². The van der Waals surface area contributed by atoms with E-state index >= 15 is 0 Å². The molecule has 0 aliphatic heterocycles. The van der Waals surface area contributed by atoms with Gasteiger partial charge in [-0.05, 0) is 0 Å². The van der Waals surface area contributed by atoms with Crippen molar-refractivity contribution in [2.24, 2.45) is 0 Å². The Bertz CT molecular complexity index is 377. The molecule has 0 saturated heterocycles. The van der Waals surface area contributed by atoms with Crippen molar-refractivity contribution < 1.29 is 48.7 Å². The molecule has 0 saturated carbocycles. The van der Waals surface area contributed by atoms with Crippen molar-refractivity contribution in [1.82, 2.24) is 0 Å². The Balaban J connectivity index is 5.19. The first kappa shape index (κ1) is 20.3. The Labute approximate surface area is 116 Å². The number of rotatable bonds is 6. The first-order valence-corrected chi connectivity index (χ1v) is 6.03. The second-order valence-corrected chi connectivity index (χ2v) is 5.18. The van der Waals surface area contributed by atoms with Crippen LogP contribution in [0.25, 0.3) is 0 Å². The molecule has 0 bridgehead atoms. The van der Waals surface area contributed by atoms with E-state index in [2.05, 4.69) is 0 Å². The van der Waals surface area contributed by atoms with Gasteiger partial charge in [0.05, 0.1) is 0 Å². The van der Waals surface area contributed by atoms with E-state index in [4.69, 9.17) is 0 Å². The lowest BCUT2D eigenvalue weighted by Gasteiger charge is -2.33. The molecule has 0 aromatic heterocycles. The topological polar surface area (TPSA) is 17.1 Å². The molecule has 0 fully saturated rings. The summed E-state index contributed by atoms with van der Waals surface area (Å²) in [5.74, 6) is -19.7. The van der Waals surface area contributed by atoms with E-state index in [1.807, 2.05) is 0 Å². The third kappa shape index (κ3) is 4.39. The largest absolute Gasteiger partial charge is 0.459 e. The van der Waals surface area contributed by atoms with Crippen LogP contribution in [0.15, 0.2) is 0 Å². The smallest absolute Gasteiger partial charge is 0.288 e. The first-order chi connectivity index (χ1) is 9.07. The van der Waals surface area contributed by atoms with Gasteiger partial charge in [-0.1, -0.05) is 11.8 Å². The van der Waals surface area contributed by atoms with Crippen molar-refractivity contribution in [2.45, 2.75) is 43.5 Å². The molecular weight excluding hydrogens is 346 g/mol. The lowest BCUT2D eigenvalue weighted by molar-refractivity contribution is -0.377. The van der Waals surface area contributed by atoms with Gasteiger partial charge in [0.15, 0.2) is 5.12 Å². The fourth-order valence-electron chi connectivity index (χ4n) is 1.07. The predicted octanol–water partition coefficient (Wildman–Crippen LogP) is 4.46. The average Bonchev–Trinajstić information content (AvgIpc) is 2.25. The highest BCUT2D eigenvalue weighted by molar-refractivity contribution is 8.13. The Morgan fingerprint density at radius 2 is 1.43 bits per heavy atom. The van der Waals surface area contributed by atoms with Crippen LogP contribution in [-0.4, -0.2) is 41.0 Å². The number of hydrogen-bond acceptors (Lipinski definition) is 2. The maximum atomic E-state index is 13.0. The molecule has 0 aliphatic carbocycles. The number of carbonyl (C=O) groups is 1. The molecule has 0 amide bonds. The molecule has 126 valence electrons. The molecule has 0 radical (unpaired) electrons. The maximum absolute atomic E-state index is 13.0. The van der Waals surface area contributed by atoms with Crippen molar-refractivity contribution in [3.8, 4) is 0 Å². The molecule has 0 aromatic carbocycles. The van der Waals surface area contributed by atoms with Crippen LogP contribution in [0.5, 0.6) is 0 Å². The maximum Gasteiger partial charge on any atom is 0.459 e. The average molecular weight is 354 g/mol. The van der Waals surface area contributed by atoms with Gasteiger partial charge in [-0.15, -0.1) is 0 Å². The van der Waals surface area contributed by atoms with Gasteiger partial charge in [-0.3, -0.25) is 4.79 Å². The molecule has 0 aliphatic rings. The van der Waals surface area contributed by atoms with Gasteiger partial charge in [0.2, 0.25) is 6.17 Å². The summed E-state index contributed by atoms with van der Waals surface area (Å²) in [5.41, 5.74) is 0. The summed E-state index contributed by atoms with van der Waals surface area (Å²) in [6.45, 7) is 0.905. The van der Waals surface area contributed by atoms with E-state index in [1.165, 1.54) is 0 Å². The number of halogens is 10. The molecule has 1 atom stereocenters. The zero-order valence-corrected chi connectivity index (χ0v) is 10.9. The van der Waals surface area contributed by atoms with Gasteiger partial charge in [0, 0.05) is 19.1 Å². The van der Waals surface area contributed by atoms with E-state index in [0.717, 1.165) is 6.92 Å². The predicted molar refractivity (Wildman–Crippen MR) is 53.5 cm³/mol. The molecule has 1 unspecified atom stereocenters. The fraction of sp³-hybridized carbons (Fsp3) is 0.889. The molecule has 0 N–H and O–H groups in total. The van der Waals surface area contributed by atoms with Crippen molar-refractivity contribution in [2.75, 3.05) is 5.75 Å². The highest BCUT2D eigenvalue weighted by Crippen LogP contribution is 2.52. The zero-order chi connectivity index (χ0) is 17.3. The minimum absolute atomic E-state index is 0.159. The summed E-state index contributed by atoms with van der Waals surface area (Å²) in [6, 6.07) is 0. The lowest BCUT2D eigenvalue weighted by Crippen LogP contribution is -2.60. The summed E-state index contributed by atoms with van der Waals surface area (Å²) >= 11 is 0.159. The summed E-state index contributed by atoms with van der Waals surface area (Å²) in [7, 11) is 0. The standard InChI is InChI=1S/C9H8F10OS/c1-4(20)21-3-2-6(11,12)5(10)7(13,14)8(15,16)9(17,18)19/h5H,2-3H2,1H3. The molecular formula is C9H8F10OS. The third-order valence-corrected chi connectivity index (χ3v) is 3.02. The summed E-state index contributed by atoms with van der Waals surface area (Å²) in [5, 5.41) is -0.742. The van der Waals surface area contributed by atoms with Crippen LogP contribution >= 0.6 is 11.8 Å². The quantitative estimate of drug-likeness (QED) is 0.655. The van der Waals surface area contributed by atoms with E-state index in [1.54, 1.807) is 0 Å². The van der Waals surface area contributed by atoms with Gasteiger partial charge in [-0.2, -0.15) is 30.7 Å². The molecule has 0 aromatic rings. The number of carbonyl (C=O) groups excluding carboxylic acids is 1. The normalized spacial score (nSPS) is 16.0. The van der Waals surface area contributed by atoms with Crippen LogP contribution in [0.4, 0.5) is 43.9 Å². The van der Waals surface area contributed by atoms with Crippen molar-refractivity contribution >= 4 is 16.9 Å². The number of alkyl halides is 10. The molecule has 1 nitrogen and oxygen atoms in total. The minimum Gasteiger partial charge on any atom is -0.288 e. The Morgan fingerprint density at radius 1 is 1.00 bits per heavy atom. The van der Waals surface area contributed by atoms with Crippen molar-refractivity contribution in [1.29, 1.82) is 0 Å². The first-order valence-electron chi connectivity index (χ1n) is 5.05. The number of hydrogen-bond donors (Lipinski definition) is 0. The van der Waals surface area contributed by atoms with E-state index in [0.29, 0.717) is 0 Å². The third-order valence-electron chi connectivity index (χ3n) is 2.20. The Morgan fingerprint density at radius 3 is 1.76 bits per heavy atom. The van der Waals surface area contributed by atoms with E-state index < -0.39 is 47.4 Å². The SMILES string of the molecule is CC(=O)SCCC(F)(F)C(F)C(F)(F)C(F)(F)C(F)(F)F. The minimum atomic E-state index is -6.96. The van der Waals surface area contributed by atoms with Gasteiger partial charge in [-0.25, -0.2) is 13.2 Å². The second kappa shape index (κ2) is 6.21. The molecule has 21 heavy (non-hydrogen) atoms. The molecule has 0 heterocycles. The summed E-state index contributed by atoms with van der Waals surface area (Å²) < 4.78 is 125. The van der Waals surface area contributed by atoms with Gasteiger partial charge >= 0.3 is 18.0 Å². The monoisotopic (exact) mass is 354 g/mol. The highest BCUT2D eigenvalue weighted by atomic mass is 32.2. The highest BCUT2D eigenvalue weighted by Gasteiger charge is 2.79. The lowest BCUT2D eigenvalue weighted by atomic mass is 9.99. The van der Waals surface area contributed by atoms with Gasteiger partial charge < -0.3 is 0 Å². The van der Waals surface area contributed by atoms with Gasteiger partial charge in [0.1, 0.15) is 0 Å². The van der Waals surface area contributed by atoms with Gasteiger partial charge in [0.25, 0.3) is 5.92 Å². The zero-order valence-electron chi connectivity index (χ0n) is 10.1. The summed E-state index contributed by atoms with van der Waals surface area (Å²) in [6.07, 6.45) is -13.8. The number of thioether (sulfide) groups is 1. The Kier molecular flexibility index (Phi) is 6.01. The Hall–Kier alpha value is -0.680. The molecule has 0 spiro atoms. The van der Waals surface area contributed by atoms with Crippen LogP contribution < -0.4 is 0 Å². The van der Waals surface area contributed by atoms with Crippen LogP contribution in [-0.2, 0) is 4.79 Å².